The van der Waals surface area contributed by atoms with E-state index in [-0.39, 0.29) is 24.7 Å². The van der Waals surface area contributed by atoms with Crippen molar-refractivity contribution < 1.29 is 23.8 Å². The second-order valence-electron chi connectivity index (χ2n) is 6.84. The number of alkyl carbamates (subject to hydrolysis) is 1. The van der Waals surface area contributed by atoms with Crippen LogP contribution in [0, 0.1) is 5.92 Å². The Labute approximate surface area is 174 Å². The molecule has 2 amide bonds. The number of hydrogen-bond donors (Lipinski definition) is 2. The minimum atomic E-state index is -0.641. The van der Waals surface area contributed by atoms with E-state index in [4.69, 9.17) is 14.2 Å². The van der Waals surface area contributed by atoms with Gasteiger partial charge in [0.05, 0.1) is 0 Å². The fourth-order valence-corrected chi connectivity index (χ4v) is 2.77. The van der Waals surface area contributed by atoms with Crippen LogP contribution in [-0.2, 0) is 25.6 Å². The van der Waals surface area contributed by atoms with Gasteiger partial charge in [0.25, 0.3) is 0 Å². The summed E-state index contributed by atoms with van der Waals surface area (Å²) in [5.74, 6) is -0.223. The SMILES string of the molecule is CCOC(CCCNC(=O)[C@@H](NC(=O)OCc1ccccc1)[C@@H](C)CC)OCC. The summed E-state index contributed by atoms with van der Waals surface area (Å²) in [7, 11) is 0. The maximum Gasteiger partial charge on any atom is 0.408 e. The Morgan fingerprint density at radius 3 is 2.28 bits per heavy atom. The third-order valence-corrected chi connectivity index (χ3v) is 4.60. The van der Waals surface area contributed by atoms with Crippen LogP contribution in [0.15, 0.2) is 30.3 Å². The molecule has 0 spiro atoms. The lowest BCUT2D eigenvalue weighted by molar-refractivity contribution is -0.140. The van der Waals surface area contributed by atoms with Gasteiger partial charge in [-0.1, -0.05) is 50.6 Å². The number of benzene rings is 1. The van der Waals surface area contributed by atoms with Gasteiger partial charge in [-0.05, 0) is 31.7 Å². The summed E-state index contributed by atoms with van der Waals surface area (Å²) in [5, 5.41) is 5.60. The highest BCUT2D eigenvalue weighted by atomic mass is 16.7. The van der Waals surface area contributed by atoms with Crippen molar-refractivity contribution in [3.05, 3.63) is 35.9 Å². The van der Waals surface area contributed by atoms with E-state index < -0.39 is 12.1 Å². The lowest BCUT2D eigenvalue weighted by Gasteiger charge is -2.23. The molecule has 0 aliphatic rings. The Balaban J connectivity index is 2.45. The highest BCUT2D eigenvalue weighted by molar-refractivity contribution is 5.85. The third-order valence-electron chi connectivity index (χ3n) is 4.60. The van der Waals surface area contributed by atoms with Crippen LogP contribution in [-0.4, -0.2) is 44.1 Å². The molecule has 1 aromatic rings. The van der Waals surface area contributed by atoms with Crippen molar-refractivity contribution in [3.63, 3.8) is 0 Å². The Morgan fingerprint density at radius 1 is 1.03 bits per heavy atom. The van der Waals surface area contributed by atoms with Crippen LogP contribution in [0.1, 0.15) is 52.5 Å². The quantitative estimate of drug-likeness (QED) is 0.363. The van der Waals surface area contributed by atoms with Crippen LogP contribution in [0.5, 0.6) is 0 Å². The predicted molar refractivity (Wildman–Crippen MR) is 112 cm³/mol. The van der Waals surface area contributed by atoms with Crippen molar-refractivity contribution in [2.45, 2.75) is 65.9 Å². The van der Waals surface area contributed by atoms with Gasteiger partial charge in [-0.3, -0.25) is 4.79 Å². The van der Waals surface area contributed by atoms with Crippen molar-refractivity contribution in [2.75, 3.05) is 19.8 Å². The molecule has 0 aliphatic heterocycles. The molecule has 29 heavy (non-hydrogen) atoms. The molecule has 0 saturated heterocycles. The Kier molecular flexibility index (Phi) is 12.7. The molecule has 0 radical (unpaired) electrons. The molecular formula is C22H36N2O5. The van der Waals surface area contributed by atoms with Crippen molar-refractivity contribution in [1.29, 1.82) is 0 Å². The van der Waals surface area contributed by atoms with Crippen LogP contribution in [0.2, 0.25) is 0 Å². The van der Waals surface area contributed by atoms with Crippen molar-refractivity contribution >= 4 is 12.0 Å². The molecule has 0 aliphatic carbocycles. The number of carbonyl (C=O) groups is 2. The Bertz CT molecular complexity index is 576. The van der Waals surface area contributed by atoms with E-state index in [0.29, 0.717) is 26.2 Å². The molecule has 2 atom stereocenters. The zero-order valence-electron chi connectivity index (χ0n) is 18.1. The van der Waals surface area contributed by atoms with Gasteiger partial charge in [0, 0.05) is 26.2 Å². The zero-order chi connectivity index (χ0) is 21.5. The average molecular weight is 409 g/mol. The molecule has 7 nitrogen and oxygen atoms in total. The zero-order valence-corrected chi connectivity index (χ0v) is 18.1. The molecule has 0 aromatic heterocycles. The molecule has 2 N–H and O–H groups in total. The summed E-state index contributed by atoms with van der Waals surface area (Å²) >= 11 is 0. The molecular weight excluding hydrogens is 372 g/mol. The minimum absolute atomic E-state index is 0.0149. The molecule has 0 heterocycles. The van der Waals surface area contributed by atoms with Crippen LogP contribution in [0.4, 0.5) is 4.79 Å². The summed E-state index contributed by atoms with van der Waals surface area (Å²) in [5.41, 5.74) is 0.894. The number of rotatable bonds is 14. The fraction of sp³-hybridized carbons (Fsp3) is 0.636. The molecule has 0 fully saturated rings. The normalized spacial score (nSPS) is 13.0. The summed E-state index contributed by atoms with van der Waals surface area (Å²) in [6, 6.07) is 8.78. The first-order chi connectivity index (χ1) is 14.0. The molecule has 164 valence electrons. The summed E-state index contributed by atoms with van der Waals surface area (Å²) in [6.07, 6.45) is 1.33. The topological polar surface area (TPSA) is 85.9 Å². The number of ether oxygens (including phenoxy) is 3. The maximum absolute atomic E-state index is 12.6. The van der Waals surface area contributed by atoms with E-state index in [9.17, 15) is 9.59 Å². The highest BCUT2D eigenvalue weighted by Gasteiger charge is 2.26. The summed E-state index contributed by atoms with van der Waals surface area (Å²) in [4.78, 5) is 24.8. The molecule has 0 bridgehead atoms. The first kappa shape index (κ1) is 24.9. The molecule has 1 aromatic carbocycles. The summed E-state index contributed by atoms with van der Waals surface area (Å²) < 4.78 is 16.3. The lowest BCUT2D eigenvalue weighted by atomic mass is 9.98. The van der Waals surface area contributed by atoms with Gasteiger partial charge in [-0.2, -0.15) is 0 Å². The smallest absolute Gasteiger partial charge is 0.408 e. The average Bonchev–Trinajstić information content (AvgIpc) is 2.73. The van der Waals surface area contributed by atoms with Crippen molar-refractivity contribution in [1.82, 2.24) is 10.6 Å². The van der Waals surface area contributed by atoms with Crippen molar-refractivity contribution in [2.24, 2.45) is 5.92 Å². The molecule has 0 saturated carbocycles. The van der Waals surface area contributed by atoms with Gasteiger partial charge in [-0.15, -0.1) is 0 Å². The van der Waals surface area contributed by atoms with Gasteiger partial charge in [0.1, 0.15) is 12.6 Å². The second kappa shape index (κ2) is 14.8. The number of carbonyl (C=O) groups excluding carboxylic acids is 2. The van der Waals surface area contributed by atoms with E-state index >= 15 is 0 Å². The van der Waals surface area contributed by atoms with Crippen LogP contribution in [0.25, 0.3) is 0 Å². The van der Waals surface area contributed by atoms with E-state index in [0.717, 1.165) is 18.4 Å². The Morgan fingerprint density at radius 2 is 1.69 bits per heavy atom. The monoisotopic (exact) mass is 408 g/mol. The predicted octanol–water partition coefficient (Wildman–Crippen LogP) is 3.62. The van der Waals surface area contributed by atoms with E-state index in [1.54, 1.807) is 0 Å². The van der Waals surface area contributed by atoms with Crippen molar-refractivity contribution in [3.8, 4) is 0 Å². The van der Waals surface area contributed by atoms with E-state index in [1.165, 1.54) is 0 Å². The highest BCUT2D eigenvalue weighted by Crippen LogP contribution is 2.10. The van der Waals surface area contributed by atoms with Gasteiger partial charge in [-0.25, -0.2) is 4.79 Å². The number of nitrogens with one attached hydrogen (secondary N) is 2. The second-order valence-corrected chi connectivity index (χ2v) is 6.84. The van der Waals surface area contributed by atoms with Gasteiger partial charge >= 0.3 is 6.09 Å². The van der Waals surface area contributed by atoms with E-state index in [1.807, 2.05) is 58.0 Å². The summed E-state index contributed by atoms with van der Waals surface area (Å²) in [6.45, 7) is 9.59. The van der Waals surface area contributed by atoms with Gasteiger partial charge < -0.3 is 24.8 Å². The number of hydrogen-bond acceptors (Lipinski definition) is 5. The molecule has 0 unspecified atom stereocenters. The maximum atomic E-state index is 12.6. The molecule has 1 rings (SSSR count). The van der Waals surface area contributed by atoms with E-state index in [2.05, 4.69) is 10.6 Å². The fourth-order valence-electron chi connectivity index (χ4n) is 2.77. The largest absolute Gasteiger partial charge is 0.445 e. The molecule has 7 heteroatoms. The number of amides is 2. The van der Waals surface area contributed by atoms with Crippen LogP contribution < -0.4 is 10.6 Å². The third kappa shape index (κ3) is 10.3. The first-order valence-corrected chi connectivity index (χ1v) is 10.5. The van der Waals surface area contributed by atoms with Gasteiger partial charge in [0.2, 0.25) is 5.91 Å². The lowest BCUT2D eigenvalue weighted by Crippen LogP contribution is -2.50. The van der Waals surface area contributed by atoms with Crippen LogP contribution in [0.3, 0.4) is 0 Å². The minimum Gasteiger partial charge on any atom is -0.445 e. The Hall–Kier alpha value is -2.12. The van der Waals surface area contributed by atoms with Crippen LogP contribution >= 0.6 is 0 Å². The van der Waals surface area contributed by atoms with Gasteiger partial charge in [0.15, 0.2) is 6.29 Å². The standard InChI is InChI=1S/C22H36N2O5/c1-5-17(4)20(24-22(26)29-16-18-12-9-8-10-13-18)21(25)23-15-11-14-19(27-6-2)28-7-3/h8-10,12-13,17,19-20H,5-7,11,14-16H2,1-4H3,(H,23,25)(H,24,26)/t17-,20-/m0/s1. The first-order valence-electron chi connectivity index (χ1n) is 10.5.